The summed E-state index contributed by atoms with van der Waals surface area (Å²) in [6, 6.07) is 8.77. The molecule has 2 aromatic rings. The normalized spacial score (nSPS) is 14.8. The summed E-state index contributed by atoms with van der Waals surface area (Å²) < 4.78 is 27.7. The van der Waals surface area contributed by atoms with Crippen LogP contribution in [0.15, 0.2) is 39.9 Å². The van der Waals surface area contributed by atoms with Crippen LogP contribution in [0.4, 0.5) is 11.4 Å². The second kappa shape index (κ2) is 7.21. The van der Waals surface area contributed by atoms with Gasteiger partial charge < -0.3 is 5.32 Å². The van der Waals surface area contributed by atoms with Crippen molar-refractivity contribution in [2.45, 2.75) is 30.9 Å². The summed E-state index contributed by atoms with van der Waals surface area (Å²) in [5, 5.41) is 4.60. The number of fused-ring (bicyclic) bond motifs is 1. The molecule has 26 heavy (non-hydrogen) atoms. The minimum Gasteiger partial charge on any atom is -0.326 e. The SMILES string of the molecule is CC(C)(CCl)C(=O)Nc1ccc2c(c1)N(S(=O)(=O)c1cccs1)CCC2. The van der Waals surface area contributed by atoms with Crippen molar-refractivity contribution in [1.82, 2.24) is 0 Å². The van der Waals surface area contributed by atoms with E-state index in [2.05, 4.69) is 5.32 Å². The van der Waals surface area contributed by atoms with Crippen molar-refractivity contribution in [2.24, 2.45) is 5.41 Å². The van der Waals surface area contributed by atoms with E-state index in [1.807, 2.05) is 12.1 Å². The van der Waals surface area contributed by atoms with Gasteiger partial charge in [0.15, 0.2) is 0 Å². The molecule has 0 spiro atoms. The Morgan fingerprint density at radius 2 is 2.12 bits per heavy atom. The number of halogens is 1. The molecule has 0 unspecified atom stereocenters. The van der Waals surface area contributed by atoms with Crippen LogP contribution in [0.25, 0.3) is 0 Å². The molecule has 1 N–H and O–H groups in total. The third-order valence-corrected chi connectivity index (χ3v) is 8.26. The van der Waals surface area contributed by atoms with E-state index in [1.54, 1.807) is 37.4 Å². The highest BCUT2D eigenvalue weighted by Gasteiger charge is 2.31. The zero-order valence-corrected chi connectivity index (χ0v) is 17.0. The highest BCUT2D eigenvalue weighted by Crippen LogP contribution is 2.35. The van der Waals surface area contributed by atoms with Crippen LogP contribution in [0, 0.1) is 5.41 Å². The molecule has 2 heterocycles. The summed E-state index contributed by atoms with van der Waals surface area (Å²) in [5.41, 5.74) is 1.46. The van der Waals surface area contributed by atoms with Crippen molar-refractivity contribution in [3.8, 4) is 0 Å². The fraction of sp³-hybridized carbons (Fsp3) is 0.389. The summed E-state index contributed by atoms with van der Waals surface area (Å²) in [5.74, 6) is -0.00114. The number of carbonyl (C=O) groups excluding carboxylic acids is 1. The van der Waals surface area contributed by atoms with Gasteiger partial charge in [-0.25, -0.2) is 8.42 Å². The smallest absolute Gasteiger partial charge is 0.273 e. The van der Waals surface area contributed by atoms with Crippen molar-refractivity contribution in [2.75, 3.05) is 22.0 Å². The van der Waals surface area contributed by atoms with Crippen LogP contribution in [-0.4, -0.2) is 26.7 Å². The number of thiophene rings is 1. The highest BCUT2D eigenvalue weighted by atomic mass is 35.5. The predicted molar refractivity (Wildman–Crippen MR) is 107 cm³/mol. The van der Waals surface area contributed by atoms with E-state index in [9.17, 15) is 13.2 Å². The topological polar surface area (TPSA) is 66.5 Å². The average molecular weight is 413 g/mol. The van der Waals surface area contributed by atoms with E-state index in [1.165, 1.54) is 15.6 Å². The maximum absolute atomic E-state index is 13.0. The van der Waals surface area contributed by atoms with Gasteiger partial charge in [-0.05, 0) is 55.8 Å². The quantitative estimate of drug-likeness (QED) is 0.752. The van der Waals surface area contributed by atoms with E-state index in [0.29, 0.717) is 22.1 Å². The molecule has 0 fully saturated rings. The number of anilines is 2. The first-order valence-corrected chi connectivity index (χ1v) is 11.2. The first kappa shape index (κ1) is 19.2. The van der Waals surface area contributed by atoms with Crippen molar-refractivity contribution in [1.29, 1.82) is 0 Å². The number of benzene rings is 1. The van der Waals surface area contributed by atoms with Crippen LogP contribution in [-0.2, 0) is 21.2 Å². The minimum atomic E-state index is -3.59. The zero-order chi connectivity index (χ0) is 18.9. The fourth-order valence-electron chi connectivity index (χ4n) is 2.75. The third kappa shape index (κ3) is 3.61. The van der Waals surface area contributed by atoms with E-state index in [0.717, 1.165) is 18.4 Å². The third-order valence-electron chi connectivity index (χ3n) is 4.41. The number of hydrogen-bond acceptors (Lipinski definition) is 4. The Balaban J connectivity index is 1.95. The number of hydrogen-bond donors (Lipinski definition) is 1. The van der Waals surface area contributed by atoms with Crippen molar-refractivity contribution >= 4 is 50.2 Å². The average Bonchev–Trinajstić information content (AvgIpc) is 3.16. The van der Waals surface area contributed by atoms with Crippen LogP contribution < -0.4 is 9.62 Å². The Hall–Kier alpha value is -1.57. The lowest BCUT2D eigenvalue weighted by Crippen LogP contribution is -2.35. The summed E-state index contributed by atoms with van der Waals surface area (Å²) in [6.45, 7) is 3.96. The number of amides is 1. The zero-order valence-electron chi connectivity index (χ0n) is 14.7. The monoisotopic (exact) mass is 412 g/mol. The van der Waals surface area contributed by atoms with Gasteiger partial charge in [0.2, 0.25) is 5.91 Å². The minimum absolute atomic E-state index is 0.197. The van der Waals surface area contributed by atoms with Gasteiger partial charge in [-0.1, -0.05) is 12.1 Å². The lowest BCUT2D eigenvalue weighted by molar-refractivity contribution is -0.122. The van der Waals surface area contributed by atoms with Gasteiger partial charge in [0, 0.05) is 18.1 Å². The van der Waals surface area contributed by atoms with Crippen LogP contribution in [0.1, 0.15) is 25.8 Å². The number of rotatable bonds is 5. The van der Waals surface area contributed by atoms with Crippen molar-refractivity contribution in [3.05, 3.63) is 41.3 Å². The first-order valence-electron chi connectivity index (χ1n) is 8.32. The maximum Gasteiger partial charge on any atom is 0.273 e. The molecule has 0 saturated carbocycles. The summed E-state index contributed by atoms with van der Waals surface area (Å²) in [7, 11) is -3.59. The van der Waals surface area contributed by atoms with Crippen LogP contribution >= 0.6 is 22.9 Å². The molecule has 1 amide bonds. The molecule has 0 radical (unpaired) electrons. The number of alkyl halides is 1. The number of carbonyl (C=O) groups is 1. The van der Waals surface area contributed by atoms with E-state index < -0.39 is 15.4 Å². The largest absolute Gasteiger partial charge is 0.326 e. The van der Waals surface area contributed by atoms with Gasteiger partial charge in [0.05, 0.1) is 11.1 Å². The van der Waals surface area contributed by atoms with Crippen molar-refractivity contribution < 1.29 is 13.2 Å². The van der Waals surface area contributed by atoms with E-state index >= 15 is 0 Å². The molecule has 0 saturated heterocycles. The molecule has 1 aromatic heterocycles. The molecule has 0 aliphatic carbocycles. The Labute approximate surface area is 163 Å². The van der Waals surface area contributed by atoms with Gasteiger partial charge >= 0.3 is 0 Å². The second-order valence-corrected chi connectivity index (χ2v) is 10.2. The Morgan fingerprint density at radius 3 is 2.77 bits per heavy atom. The van der Waals surface area contributed by atoms with Crippen LogP contribution in [0.2, 0.25) is 0 Å². The number of nitrogens with one attached hydrogen (secondary N) is 1. The second-order valence-electron chi connectivity index (χ2n) is 6.93. The first-order chi connectivity index (χ1) is 12.3. The Morgan fingerprint density at radius 1 is 1.35 bits per heavy atom. The molecule has 0 bridgehead atoms. The van der Waals surface area contributed by atoms with Gasteiger partial charge in [-0.3, -0.25) is 9.10 Å². The summed E-state index contributed by atoms with van der Waals surface area (Å²) in [6.07, 6.45) is 1.58. The maximum atomic E-state index is 13.0. The van der Waals surface area contributed by atoms with Gasteiger partial charge in [-0.15, -0.1) is 22.9 Å². The molecule has 0 atom stereocenters. The Kier molecular flexibility index (Phi) is 5.33. The molecule has 3 rings (SSSR count). The summed E-state index contributed by atoms with van der Waals surface area (Å²) >= 11 is 7.07. The number of aryl methyl sites for hydroxylation is 1. The number of sulfonamides is 1. The molecule has 140 valence electrons. The van der Waals surface area contributed by atoms with Gasteiger partial charge in [-0.2, -0.15) is 0 Å². The van der Waals surface area contributed by atoms with E-state index in [4.69, 9.17) is 11.6 Å². The molecule has 1 aliphatic rings. The summed E-state index contributed by atoms with van der Waals surface area (Å²) in [4.78, 5) is 12.4. The molecule has 1 aliphatic heterocycles. The predicted octanol–water partition coefficient (Wildman–Crippen LogP) is 4.09. The highest BCUT2D eigenvalue weighted by molar-refractivity contribution is 7.94. The lowest BCUT2D eigenvalue weighted by atomic mass is 9.95. The van der Waals surface area contributed by atoms with Crippen LogP contribution in [0.3, 0.4) is 0 Å². The van der Waals surface area contributed by atoms with Gasteiger partial charge in [0.1, 0.15) is 4.21 Å². The Bertz CT molecular complexity index is 909. The standard InChI is InChI=1S/C18H21ClN2O3S2/c1-18(2,12-19)17(22)20-14-8-7-13-5-3-9-21(15(13)11-14)26(23,24)16-6-4-10-25-16/h4,6-8,10-11H,3,5,9,12H2,1-2H3,(H,20,22). The molecule has 8 heteroatoms. The molecule has 5 nitrogen and oxygen atoms in total. The number of nitrogens with zero attached hydrogens (tertiary/aromatic N) is 1. The van der Waals surface area contributed by atoms with Crippen molar-refractivity contribution in [3.63, 3.8) is 0 Å². The fourth-order valence-corrected chi connectivity index (χ4v) is 5.51. The molecular formula is C18H21ClN2O3S2. The van der Waals surface area contributed by atoms with E-state index in [-0.39, 0.29) is 11.8 Å². The molecule has 1 aromatic carbocycles. The van der Waals surface area contributed by atoms with Gasteiger partial charge in [0.25, 0.3) is 10.0 Å². The molecular weight excluding hydrogens is 392 g/mol. The van der Waals surface area contributed by atoms with Crippen LogP contribution in [0.5, 0.6) is 0 Å². The lowest BCUT2D eigenvalue weighted by Gasteiger charge is -2.30.